The summed E-state index contributed by atoms with van der Waals surface area (Å²) in [7, 11) is 0. The van der Waals surface area contributed by atoms with Gasteiger partial charge in [0.2, 0.25) is 0 Å². The van der Waals surface area contributed by atoms with E-state index in [0.717, 1.165) is 17.7 Å². The molecule has 2 aromatic carbocycles. The maximum Gasteiger partial charge on any atom is 0.326 e. The zero-order valence-corrected chi connectivity index (χ0v) is 18.1. The first-order valence-electron chi connectivity index (χ1n) is 9.15. The monoisotopic (exact) mass is 470 g/mol. The van der Waals surface area contributed by atoms with Crippen LogP contribution in [0.5, 0.6) is 0 Å². The number of rotatable bonds is 7. The lowest BCUT2D eigenvalue weighted by molar-refractivity contribution is -0.139. The van der Waals surface area contributed by atoms with Gasteiger partial charge in [0.05, 0.1) is 21.4 Å². The second kappa shape index (κ2) is 9.89. The number of carbonyl (C=O) groups is 2. The van der Waals surface area contributed by atoms with Gasteiger partial charge in [-0.3, -0.25) is 4.79 Å². The Bertz CT molecular complexity index is 1010. The van der Waals surface area contributed by atoms with Crippen molar-refractivity contribution in [1.29, 1.82) is 0 Å². The fourth-order valence-electron chi connectivity index (χ4n) is 3.44. The van der Waals surface area contributed by atoms with Gasteiger partial charge in [0.1, 0.15) is 6.04 Å². The Morgan fingerprint density at radius 3 is 2.67 bits per heavy atom. The van der Waals surface area contributed by atoms with E-state index in [0.29, 0.717) is 24.1 Å². The molecule has 1 aliphatic heterocycles. The summed E-state index contributed by atoms with van der Waals surface area (Å²) < 4.78 is 20.1. The van der Waals surface area contributed by atoms with Gasteiger partial charge in [0.25, 0.3) is 5.91 Å². The van der Waals surface area contributed by atoms with Gasteiger partial charge >= 0.3 is 5.97 Å². The number of aliphatic carboxylic acids is 1. The zero-order chi connectivity index (χ0) is 21.8. The summed E-state index contributed by atoms with van der Waals surface area (Å²) in [6.07, 6.45) is 0.643. The Morgan fingerprint density at radius 2 is 1.97 bits per heavy atom. The fourth-order valence-corrected chi connectivity index (χ4v) is 4.67. The summed E-state index contributed by atoms with van der Waals surface area (Å²) >= 11 is 10.7. The van der Waals surface area contributed by atoms with Crippen LogP contribution in [0.3, 0.4) is 0 Å². The van der Waals surface area contributed by atoms with Gasteiger partial charge in [-0.25, -0.2) is 9.00 Å². The quantitative estimate of drug-likeness (QED) is 0.462. The fraction of sp³-hybridized carbons (Fsp3) is 0.300. The van der Waals surface area contributed by atoms with Gasteiger partial charge in [-0.1, -0.05) is 47.5 Å². The summed E-state index contributed by atoms with van der Waals surface area (Å²) in [5.41, 5.74) is 3.02. The number of carbonyl (C=O) groups excluding carboxylic acids is 1. The highest BCUT2D eigenvalue weighted by Crippen LogP contribution is 2.33. The molecule has 2 aromatic rings. The molecule has 0 saturated carbocycles. The molecule has 0 spiro atoms. The largest absolute Gasteiger partial charge is 0.480 e. The summed E-state index contributed by atoms with van der Waals surface area (Å²) in [5, 5.41) is 15.7. The number of hydrogen-bond donors (Lipinski definition) is 4. The molecule has 1 unspecified atom stereocenters. The molecule has 1 aliphatic rings. The Morgan fingerprint density at radius 1 is 1.23 bits per heavy atom. The van der Waals surface area contributed by atoms with E-state index >= 15 is 0 Å². The minimum atomic E-state index is -2.01. The van der Waals surface area contributed by atoms with Crippen molar-refractivity contribution in [2.24, 2.45) is 0 Å². The van der Waals surface area contributed by atoms with Crippen molar-refractivity contribution in [3.63, 3.8) is 0 Å². The van der Waals surface area contributed by atoms with Crippen LogP contribution in [-0.2, 0) is 41.0 Å². The molecule has 7 nitrogen and oxygen atoms in total. The number of nitrogens with one attached hydrogen (secondary N) is 2. The maximum atomic E-state index is 12.9. The molecule has 0 saturated heterocycles. The minimum Gasteiger partial charge on any atom is -0.480 e. The van der Waals surface area contributed by atoms with Crippen LogP contribution < -0.4 is 10.6 Å². The van der Waals surface area contributed by atoms with E-state index in [4.69, 9.17) is 27.8 Å². The van der Waals surface area contributed by atoms with Gasteiger partial charge < -0.3 is 20.3 Å². The van der Waals surface area contributed by atoms with E-state index in [9.17, 15) is 18.9 Å². The van der Waals surface area contributed by atoms with Crippen LogP contribution in [0.4, 0.5) is 0 Å². The topological polar surface area (TPSA) is 116 Å². The first-order chi connectivity index (χ1) is 14.3. The first-order valence-corrected chi connectivity index (χ1v) is 11.2. The lowest BCUT2D eigenvalue weighted by Crippen LogP contribution is -2.42. The Hall–Kier alpha value is -1.97. The number of carboxylic acids is 1. The third kappa shape index (κ3) is 5.39. The molecule has 10 heteroatoms. The summed E-state index contributed by atoms with van der Waals surface area (Å²) in [5.74, 6) is -1.94. The van der Waals surface area contributed by atoms with Crippen LogP contribution in [0.25, 0.3) is 0 Å². The van der Waals surface area contributed by atoms with Crippen LogP contribution in [0.1, 0.15) is 32.6 Å². The van der Waals surface area contributed by atoms with Crippen LogP contribution in [-0.4, -0.2) is 38.3 Å². The molecule has 160 valence electrons. The van der Waals surface area contributed by atoms with Gasteiger partial charge in [-0.2, -0.15) is 0 Å². The second-order valence-electron chi connectivity index (χ2n) is 6.97. The lowest BCUT2D eigenvalue weighted by Gasteiger charge is -2.22. The van der Waals surface area contributed by atoms with Crippen molar-refractivity contribution in [2.75, 3.05) is 6.54 Å². The Balaban J connectivity index is 1.82. The third-order valence-corrected chi connectivity index (χ3v) is 6.13. The summed E-state index contributed by atoms with van der Waals surface area (Å²) in [6.45, 7) is 1.32. The highest BCUT2D eigenvalue weighted by Gasteiger charge is 2.27. The first kappa shape index (κ1) is 22.7. The van der Waals surface area contributed by atoms with E-state index < -0.39 is 29.0 Å². The number of benzene rings is 2. The molecule has 1 amide bonds. The van der Waals surface area contributed by atoms with Gasteiger partial charge in [0, 0.05) is 13.0 Å². The highest BCUT2D eigenvalue weighted by atomic mass is 35.5. The third-order valence-electron chi connectivity index (χ3n) is 4.83. The normalized spacial score (nSPS) is 15.2. The van der Waals surface area contributed by atoms with Gasteiger partial charge in [-0.05, 0) is 41.3 Å². The second-order valence-corrected chi connectivity index (χ2v) is 8.68. The lowest BCUT2D eigenvalue weighted by atomic mass is 9.97. The highest BCUT2D eigenvalue weighted by molar-refractivity contribution is 7.78. The van der Waals surface area contributed by atoms with Crippen LogP contribution in [0.15, 0.2) is 30.3 Å². The van der Waals surface area contributed by atoms with Crippen molar-refractivity contribution >= 4 is 46.2 Å². The Labute approximate surface area is 186 Å². The molecule has 0 aliphatic carbocycles. The predicted molar refractivity (Wildman–Crippen MR) is 115 cm³/mol. The molecule has 30 heavy (non-hydrogen) atoms. The molecule has 2 atom stereocenters. The van der Waals surface area contributed by atoms with E-state index in [1.165, 1.54) is 0 Å². The molecule has 3 rings (SSSR count). The Kier molecular flexibility index (Phi) is 7.49. The number of hydrogen-bond acceptors (Lipinski definition) is 4. The molecule has 0 bridgehead atoms. The molecule has 0 aromatic heterocycles. The van der Waals surface area contributed by atoms with E-state index in [1.54, 1.807) is 30.3 Å². The molecular weight excluding hydrogens is 451 g/mol. The summed E-state index contributed by atoms with van der Waals surface area (Å²) in [4.78, 5) is 24.6. The van der Waals surface area contributed by atoms with Crippen LogP contribution in [0, 0.1) is 0 Å². The van der Waals surface area contributed by atoms with Gasteiger partial charge in [-0.15, -0.1) is 0 Å². The standard InChI is InChI=1S/C20H20Cl2N2O5S/c21-15-8-13-9-23-5-4-14(13)18(22)17(15)19(25)24-16(20(26)27)7-11-2-1-3-12(6-11)10-30(28)29/h1-3,6,8,16,23H,4-5,7,9-10H2,(H,24,25)(H,26,27)(H,28,29)/t16-/m0/s1. The SMILES string of the molecule is O=C(N[C@@H](Cc1cccc(CS(=O)O)c1)C(=O)O)c1c(Cl)cc2c(c1Cl)CCNC2. The molecular formula is C20H20Cl2N2O5S. The van der Waals surface area contributed by atoms with E-state index in [1.807, 2.05) is 0 Å². The van der Waals surface area contributed by atoms with Crippen molar-refractivity contribution < 1.29 is 23.5 Å². The number of amides is 1. The van der Waals surface area contributed by atoms with E-state index in [2.05, 4.69) is 10.6 Å². The zero-order valence-electron chi connectivity index (χ0n) is 15.8. The van der Waals surface area contributed by atoms with Crippen molar-refractivity contribution in [3.8, 4) is 0 Å². The minimum absolute atomic E-state index is 0.00290. The number of carboxylic acid groups (broad SMARTS) is 1. The predicted octanol–water partition coefficient (Wildman–Crippen LogP) is 2.79. The van der Waals surface area contributed by atoms with Crippen molar-refractivity contribution in [2.45, 2.75) is 31.2 Å². The summed E-state index contributed by atoms with van der Waals surface area (Å²) in [6, 6.07) is 7.13. The molecule has 4 N–H and O–H groups in total. The maximum absolute atomic E-state index is 12.9. The number of halogens is 2. The molecule has 0 radical (unpaired) electrons. The number of fused-ring (bicyclic) bond motifs is 1. The van der Waals surface area contributed by atoms with Crippen molar-refractivity contribution in [1.82, 2.24) is 10.6 Å². The smallest absolute Gasteiger partial charge is 0.326 e. The molecule has 0 fully saturated rings. The van der Waals surface area contributed by atoms with Gasteiger partial charge in [0.15, 0.2) is 11.1 Å². The van der Waals surface area contributed by atoms with Crippen LogP contribution in [0.2, 0.25) is 10.0 Å². The molecule has 1 heterocycles. The van der Waals surface area contributed by atoms with Crippen molar-refractivity contribution in [3.05, 3.63) is 68.2 Å². The van der Waals surface area contributed by atoms with Crippen LogP contribution >= 0.6 is 23.2 Å². The average molecular weight is 471 g/mol. The average Bonchev–Trinajstić information content (AvgIpc) is 2.67. The van der Waals surface area contributed by atoms with E-state index in [-0.39, 0.29) is 27.8 Å².